The van der Waals surface area contributed by atoms with Crippen LogP contribution in [-0.2, 0) is 0 Å². The normalized spacial score (nSPS) is 12.9. The van der Waals surface area contributed by atoms with Gasteiger partial charge in [0.1, 0.15) is 0 Å². The van der Waals surface area contributed by atoms with Crippen LogP contribution in [0.25, 0.3) is 0 Å². The van der Waals surface area contributed by atoms with Gasteiger partial charge in [0.25, 0.3) is 6.43 Å². The van der Waals surface area contributed by atoms with Crippen molar-refractivity contribution in [2.75, 3.05) is 0 Å². The number of aromatic nitrogens is 1. The van der Waals surface area contributed by atoms with Crippen LogP contribution < -0.4 is 0 Å². The van der Waals surface area contributed by atoms with E-state index in [1.54, 1.807) is 6.07 Å². The third-order valence-electron chi connectivity index (χ3n) is 2.24. The molecule has 1 atom stereocenters. The number of nitrogens with zero attached hydrogens (tertiary/aromatic N) is 1. The zero-order chi connectivity index (χ0) is 10.7. The van der Waals surface area contributed by atoms with Crippen molar-refractivity contribution in [2.45, 2.75) is 26.2 Å². The second kappa shape index (κ2) is 4.31. The second-order valence-corrected chi connectivity index (χ2v) is 3.39. The lowest BCUT2D eigenvalue weighted by Crippen LogP contribution is -1.98. The van der Waals surface area contributed by atoms with Gasteiger partial charge in [-0.25, -0.2) is 8.78 Å². The summed E-state index contributed by atoms with van der Waals surface area (Å²) >= 11 is 0. The van der Waals surface area contributed by atoms with Crippen LogP contribution in [0.1, 0.15) is 37.4 Å². The number of rotatable bonds is 3. The predicted molar refractivity (Wildman–Crippen MR) is 52.4 cm³/mol. The molecule has 1 aromatic rings. The fourth-order valence-electron chi connectivity index (χ4n) is 1.05. The minimum atomic E-state index is -2.45. The van der Waals surface area contributed by atoms with Crippen molar-refractivity contribution < 1.29 is 8.78 Å². The number of allylic oxidation sites excluding steroid dienone is 1. The molecule has 3 heteroatoms. The summed E-state index contributed by atoms with van der Waals surface area (Å²) in [5.74, 6) is 0.113. The van der Waals surface area contributed by atoms with Crippen LogP contribution in [-0.4, -0.2) is 4.98 Å². The van der Waals surface area contributed by atoms with E-state index in [-0.39, 0.29) is 11.5 Å². The molecule has 0 aliphatic carbocycles. The molecule has 0 N–H and O–H groups in total. The number of pyridine rings is 1. The molecule has 0 spiro atoms. The monoisotopic (exact) mass is 197 g/mol. The molecule has 76 valence electrons. The van der Waals surface area contributed by atoms with Crippen LogP contribution in [0.4, 0.5) is 8.78 Å². The van der Waals surface area contributed by atoms with Crippen molar-refractivity contribution in [3.05, 3.63) is 41.7 Å². The van der Waals surface area contributed by atoms with Gasteiger partial charge >= 0.3 is 0 Å². The van der Waals surface area contributed by atoms with E-state index in [4.69, 9.17) is 0 Å². The summed E-state index contributed by atoms with van der Waals surface area (Å²) < 4.78 is 24.4. The van der Waals surface area contributed by atoms with Gasteiger partial charge in [-0.3, -0.25) is 4.98 Å². The molecule has 1 heterocycles. The van der Waals surface area contributed by atoms with Gasteiger partial charge in [-0.1, -0.05) is 19.1 Å². The van der Waals surface area contributed by atoms with Crippen LogP contribution in [0.3, 0.4) is 0 Å². The molecule has 14 heavy (non-hydrogen) atoms. The average Bonchev–Trinajstić information content (AvgIpc) is 2.16. The maximum atomic E-state index is 12.2. The summed E-state index contributed by atoms with van der Waals surface area (Å²) in [6.07, 6.45) is -1.23. The first-order valence-corrected chi connectivity index (χ1v) is 4.41. The van der Waals surface area contributed by atoms with Gasteiger partial charge in [-0.15, -0.1) is 0 Å². The number of hydrogen-bond donors (Lipinski definition) is 0. The molecule has 1 aromatic heterocycles. The zero-order valence-electron chi connectivity index (χ0n) is 8.30. The highest BCUT2D eigenvalue weighted by Gasteiger charge is 2.10. The van der Waals surface area contributed by atoms with Crippen molar-refractivity contribution >= 4 is 0 Å². The molecule has 0 amide bonds. The Balaban J connectivity index is 2.88. The molecule has 1 unspecified atom stereocenters. The minimum absolute atomic E-state index is 0.0392. The summed E-state index contributed by atoms with van der Waals surface area (Å²) in [6, 6.07) is 3.04. The molecular formula is C11H13F2N. The lowest BCUT2D eigenvalue weighted by Gasteiger charge is -2.10. The number of halogens is 2. The molecule has 0 radical (unpaired) electrons. The Morgan fingerprint density at radius 2 is 2.07 bits per heavy atom. The van der Waals surface area contributed by atoms with Gasteiger partial charge < -0.3 is 0 Å². The first-order valence-electron chi connectivity index (χ1n) is 4.41. The van der Waals surface area contributed by atoms with Crippen LogP contribution >= 0.6 is 0 Å². The maximum absolute atomic E-state index is 12.2. The Hall–Kier alpha value is -1.25. The van der Waals surface area contributed by atoms with E-state index in [0.29, 0.717) is 0 Å². The Bertz CT molecular complexity index is 317. The molecule has 1 rings (SSSR count). The molecule has 0 saturated carbocycles. The van der Waals surface area contributed by atoms with E-state index < -0.39 is 6.43 Å². The standard InChI is InChI=1S/C11H13F2N/c1-7(2)8(3)10-5-4-9(6-14-10)11(12)13/h4-6,8,11H,1H2,2-3H3. The molecule has 0 saturated heterocycles. The van der Waals surface area contributed by atoms with Gasteiger partial charge in [0.05, 0.1) is 0 Å². The fraction of sp³-hybridized carbons (Fsp3) is 0.364. The van der Waals surface area contributed by atoms with E-state index in [0.717, 1.165) is 11.3 Å². The Kier molecular flexibility index (Phi) is 3.33. The van der Waals surface area contributed by atoms with Crippen LogP contribution in [0.15, 0.2) is 30.5 Å². The summed E-state index contributed by atoms with van der Waals surface area (Å²) in [7, 11) is 0. The topological polar surface area (TPSA) is 12.9 Å². The van der Waals surface area contributed by atoms with Gasteiger partial charge in [0.15, 0.2) is 0 Å². The van der Waals surface area contributed by atoms with Gasteiger partial charge in [-0.2, -0.15) is 0 Å². The SMILES string of the molecule is C=C(C)C(C)c1ccc(C(F)F)cn1. The molecular weight excluding hydrogens is 184 g/mol. The number of hydrogen-bond acceptors (Lipinski definition) is 1. The molecule has 0 aliphatic rings. The average molecular weight is 197 g/mol. The lowest BCUT2D eigenvalue weighted by atomic mass is 10.00. The van der Waals surface area contributed by atoms with Gasteiger partial charge in [0, 0.05) is 23.4 Å². The van der Waals surface area contributed by atoms with Crippen LogP contribution in [0.2, 0.25) is 0 Å². The van der Waals surface area contributed by atoms with Gasteiger partial charge in [-0.05, 0) is 19.1 Å². The smallest absolute Gasteiger partial charge is 0.260 e. The highest BCUT2D eigenvalue weighted by atomic mass is 19.3. The van der Waals surface area contributed by atoms with Crippen molar-refractivity contribution in [2.24, 2.45) is 0 Å². The minimum Gasteiger partial charge on any atom is -0.260 e. The molecule has 0 aliphatic heterocycles. The first-order chi connectivity index (χ1) is 6.52. The van der Waals surface area contributed by atoms with Crippen molar-refractivity contribution in [3.8, 4) is 0 Å². The fourth-order valence-corrected chi connectivity index (χ4v) is 1.05. The summed E-state index contributed by atoms with van der Waals surface area (Å²) in [6.45, 7) is 7.65. The Morgan fingerprint density at radius 3 is 2.43 bits per heavy atom. The zero-order valence-corrected chi connectivity index (χ0v) is 8.30. The molecule has 0 fully saturated rings. The quantitative estimate of drug-likeness (QED) is 0.673. The van der Waals surface area contributed by atoms with Crippen molar-refractivity contribution in [1.29, 1.82) is 0 Å². The Labute approximate surface area is 82.5 Å². The highest BCUT2D eigenvalue weighted by molar-refractivity contribution is 5.22. The predicted octanol–water partition coefficient (Wildman–Crippen LogP) is 3.70. The van der Waals surface area contributed by atoms with E-state index in [1.165, 1.54) is 12.3 Å². The molecule has 1 nitrogen and oxygen atoms in total. The maximum Gasteiger partial charge on any atom is 0.265 e. The first kappa shape index (κ1) is 10.8. The van der Waals surface area contributed by atoms with Gasteiger partial charge in [0.2, 0.25) is 0 Å². The Morgan fingerprint density at radius 1 is 1.43 bits per heavy atom. The molecule has 0 bridgehead atoms. The number of alkyl halides is 2. The largest absolute Gasteiger partial charge is 0.265 e. The third kappa shape index (κ3) is 2.37. The summed E-state index contributed by atoms with van der Waals surface area (Å²) in [5.41, 5.74) is 1.71. The van der Waals surface area contributed by atoms with E-state index in [2.05, 4.69) is 11.6 Å². The van der Waals surface area contributed by atoms with E-state index >= 15 is 0 Å². The summed E-state index contributed by atoms with van der Waals surface area (Å²) in [5, 5.41) is 0. The summed E-state index contributed by atoms with van der Waals surface area (Å²) in [4.78, 5) is 3.98. The highest BCUT2D eigenvalue weighted by Crippen LogP contribution is 2.23. The lowest BCUT2D eigenvalue weighted by molar-refractivity contribution is 0.151. The van der Waals surface area contributed by atoms with Crippen molar-refractivity contribution in [1.82, 2.24) is 4.98 Å². The van der Waals surface area contributed by atoms with Crippen LogP contribution in [0.5, 0.6) is 0 Å². The van der Waals surface area contributed by atoms with Crippen LogP contribution in [0, 0.1) is 0 Å². The van der Waals surface area contributed by atoms with E-state index in [9.17, 15) is 8.78 Å². The molecule has 0 aromatic carbocycles. The van der Waals surface area contributed by atoms with Crippen molar-refractivity contribution in [3.63, 3.8) is 0 Å². The second-order valence-electron chi connectivity index (χ2n) is 3.39. The third-order valence-corrected chi connectivity index (χ3v) is 2.24. The van der Waals surface area contributed by atoms with E-state index in [1.807, 2.05) is 13.8 Å².